The zero-order valence-corrected chi connectivity index (χ0v) is 16.7. The summed E-state index contributed by atoms with van der Waals surface area (Å²) in [6.45, 7) is 6.78. The molecule has 0 amide bonds. The number of nitrogens with one attached hydrogen (secondary N) is 1. The second kappa shape index (κ2) is 7.72. The number of ether oxygens (including phenoxy) is 1. The molecule has 6 nitrogen and oxygen atoms in total. The van der Waals surface area contributed by atoms with Crippen molar-refractivity contribution in [3.63, 3.8) is 0 Å². The highest BCUT2D eigenvalue weighted by molar-refractivity contribution is 5.80. The molecule has 2 aromatic carbocycles. The first-order valence-electron chi connectivity index (χ1n) is 9.84. The van der Waals surface area contributed by atoms with Crippen LogP contribution in [0.1, 0.15) is 47.1 Å². The fourth-order valence-electron chi connectivity index (χ4n) is 4.17. The molecule has 1 atom stereocenters. The summed E-state index contributed by atoms with van der Waals surface area (Å²) in [5, 5.41) is 12.1. The Balaban J connectivity index is 1.81. The SMILES string of the molecule is CCn1nnc2c(C)c([C@H](CC(=O)OC)c3ccc4c(c3)CNCC4)ccc21. The Hall–Kier alpha value is -2.73. The molecule has 0 bridgehead atoms. The number of rotatable bonds is 5. The summed E-state index contributed by atoms with van der Waals surface area (Å²) in [5.74, 6) is -0.284. The summed E-state index contributed by atoms with van der Waals surface area (Å²) in [7, 11) is 1.44. The van der Waals surface area contributed by atoms with E-state index in [1.165, 1.54) is 18.2 Å². The summed E-state index contributed by atoms with van der Waals surface area (Å²) in [6, 6.07) is 10.8. The van der Waals surface area contributed by atoms with Gasteiger partial charge in [-0.05, 0) is 60.7 Å². The van der Waals surface area contributed by atoms with Crippen LogP contribution in [0.4, 0.5) is 0 Å². The van der Waals surface area contributed by atoms with E-state index >= 15 is 0 Å². The van der Waals surface area contributed by atoms with E-state index in [2.05, 4.69) is 59.8 Å². The lowest BCUT2D eigenvalue weighted by Gasteiger charge is -2.23. The zero-order chi connectivity index (χ0) is 19.7. The number of hydrogen-bond acceptors (Lipinski definition) is 5. The Morgan fingerprint density at radius 3 is 2.93 bits per heavy atom. The number of nitrogens with zero attached hydrogens (tertiary/aromatic N) is 3. The standard InChI is InChI=1S/C22H26N4O2/c1-4-26-20-8-7-18(14(2)22(20)24-25-26)19(12-21(27)28-3)16-6-5-15-9-10-23-13-17(15)11-16/h5-8,11,19,23H,4,9-10,12-13H2,1-3H3/t19-/m1/s1. The second-order valence-electron chi connectivity index (χ2n) is 7.34. The number of carbonyl (C=O) groups is 1. The van der Waals surface area contributed by atoms with E-state index in [4.69, 9.17) is 4.74 Å². The van der Waals surface area contributed by atoms with Crippen molar-refractivity contribution < 1.29 is 9.53 Å². The first kappa shape index (κ1) is 18.6. The molecule has 0 fully saturated rings. The van der Waals surface area contributed by atoms with Gasteiger partial charge < -0.3 is 10.1 Å². The maximum absolute atomic E-state index is 12.2. The van der Waals surface area contributed by atoms with Crippen molar-refractivity contribution >= 4 is 17.0 Å². The largest absolute Gasteiger partial charge is 0.469 e. The minimum atomic E-state index is -0.211. The number of benzene rings is 2. The van der Waals surface area contributed by atoms with Crippen molar-refractivity contribution in [1.82, 2.24) is 20.3 Å². The first-order chi connectivity index (χ1) is 13.6. The van der Waals surface area contributed by atoms with Gasteiger partial charge in [0.05, 0.1) is 19.0 Å². The van der Waals surface area contributed by atoms with E-state index in [-0.39, 0.29) is 11.9 Å². The van der Waals surface area contributed by atoms with E-state index in [9.17, 15) is 4.79 Å². The lowest BCUT2D eigenvalue weighted by Crippen LogP contribution is -2.24. The van der Waals surface area contributed by atoms with E-state index in [0.29, 0.717) is 6.42 Å². The molecule has 2 heterocycles. The summed E-state index contributed by atoms with van der Waals surface area (Å²) in [4.78, 5) is 12.2. The molecule has 3 aromatic rings. The number of carbonyl (C=O) groups excluding carboxylic acids is 1. The third-order valence-electron chi connectivity index (χ3n) is 5.78. The van der Waals surface area contributed by atoms with E-state index in [0.717, 1.165) is 53.8 Å². The average Bonchev–Trinajstić information content (AvgIpc) is 3.16. The Morgan fingerprint density at radius 1 is 1.29 bits per heavy atom. The highest BCUT2D eigenvalue weighted by Gasteiger charge is 2.24. The molecular formula is C22H26N4O2. The number of aryl methyl sites for hydroxylation is 2. The summed E-state index contributed by atoms with van der Waals surface area (Å²) in [5.41, 5.74) is 7.93. The Kier molecular flexibility index (Phi) is 5.13. The van der Waals surface area contributed by atoms with Crippen LogP contribution in [0.3, 0.4) is 0 Å². The van der Waals surface area contributed by atoms with Gasteiger partial charge in [0, 0.05) is 19.0 Å². The van der Waals surface area contributed by atoms with Crippen LogP contribution in [0.2, 0.25) is 0 Å². The normalized spacial score (nSPS) is 14.7. The highest BCUT2D eigenvalue weighted by Crippen LogP contribution is 2.34. The maximum atomic E-state index is 12.2. The molecule has 1 aliphatic rings. The molecule has 0 saturated heterocycles. The predicted molar refractivity (Wildman–Crippen MR) is 108 cm³/mol. The number of methoxy groups -OCH3 is 1. The van der Waals surface area contributed by atoms with Gasteiger partial charge in [0.15, 0.2) is 0 Å². The smallest absolute Gasteiger partial charge is 0.306 e. The summed E-state index contributed by atoms with van der Waals surface area (Å²) in [6.07, 6.45) is 1.35. The molecule has 146 valence electrons. The second-order valence-corrected chi connectivity index (χ2v) is 7.34. The average molecular weight is 378 g/mol. The number of aromatic nitrogens is 3. The fraction of sp³-hybridized carbons (Fsp3) is 0.409. The van der Waals surface area contributed by atoms with Crippen molar-refractivity contribution in [1.29, 1.82) is 0 Å². The topological polar surface area (TPSA) is 69.0 Å². The van der Waals surface area contributed by atoms with Crippen LogP contribution >= 0.6 is 0 Å². The van der Waals surface area contributed by atoms with Crippen molar-refractivity contribution in [3.05, 3.63) is 58.1 Å². The summed E-state index contributed by atoms with van der Waals surface area (Å²) >= 11 is 0. The van der Waals surface area contributed by atoms with E-state index < -0.39 is 0 Å². The van der Waals surface area contributed by atoms with Crippen LogP contribution in [-0.4, -0.2) is 34.6 Å². The lowest BCUT2D eigenvalue weighted by atomic mass is 9.83. The van der Waals surface area contributed by atoms with Gasteiger partial charge in [-0.15, -0.1) is 5.10 Å². The molecular weight excluding hydrogens is 352 g/mol. The molecule has 1 aromatic heterocycles. The maximum Gasteiger partial charge on any atom is 0.306 e. The van der Waals surface area contributed by atoms with Crippen LogP contribution < -0.4 is 5.32 Å². The fourth-order valence-corrected chi connectivity index (χ4v) is 4.17. The molecule has 6 heteroatoms. The van der Waals surface area contributed by atoms with E-state index in [1.54, 1.807) is 0 Å². The molecule has 0 aliphatic carbocycles. The zero-order valence-electron chi connectivity index (χ0n) is 16.7. The van der Waals surface area contributed by atoms with Crippen LogP contribution in [0, 0.1) is 6.92 Å². The van der Waals surface area contributed by atoms with Crippen molar-refractivity contribution in [2.24, 2.45) is 0 Å². The van der Waals surface area contributed by atoms with Gasteiger partial charge in [-0.25, -0.2) is 4.68 Å². The molecule has 1 aliphatic heterocycles. The predicted octanol–water partition coefficient (Wildman–Crippen LogP) is 3.10. The molecule has 0 radical (unpaired) electrons. The quantitative estimate of drug-likeness (QED) is 0.691. The van der Waals surface area contributed by atoms with Gasteiger partial charge in [0.25, 0.3) is 0 Å². The Morgan fingerprint density at radius 2 is 2.14 bits per heavy atom. The van der Waals surface area contributed by atoms with Crippen molar-refractivity contribution in [3.8, 4) is 0 Å². The van der Waals surface area contributed by atoms with Gasteiger partial charge in [-0.1, -0.05) is 29.5 Å². The monoisotopic (exact) mass is 378 g/mol. The van der Waals surface area contributed by atoms with Gasteiger partial charge in [-0.3, -0.25) is 4.79 Å². The lowest BCUT2D eigenvalue weighted by molar-refractivity contribution is -0.140. The number of fused-ring (bicyclic) bond motifs is 2. The minimum Gasteiger partial charge on any atom is -0.469 e. The van der Waals surface area contributed by atoms with Crippen LogP contribution in [0.5, 0.6) is 0 Å². The minimum absolute atomic E-state index is 0.0733. The summed E-state index contributed by atoms with van der Waals surface area (Å²) < 4.78 is 6.90. The number of hydrogen-bond donors (Lipinski definition) is 1. The third-order valence-corrected chi connectivity index (χ3v) is 5.78. The Bertz CT molecular complexity index is 1020. The molecule has 28 heavy (non-hydrogen) atoms. The molecule has 0 unspecified atom stereocenters. The van der Waals surface area contributed by atoms with Gasteiger partial charge in [0.1, 0.15) is 5.52 Å². The third kappa shape index (κ3) is 3.29. The Labute approximate surface area is 164 Å². The molecule has 4 rings (SSSR count). The molecule has 0 saturated carbocycles. The number of esters is 1. The first-order valence-corrected chi connectivity index (χ1v) is 9.84. The van der Waals surface area contributed by atoms with Gasteiger partial charge in [-0.2, -0.15) is 0 Å². The molecule has 0 spiro atoms. The van der Waals surface area contributed by atoms with Crippen LogP contribution in [0.25, 0.3) is 11.0 Å². The van der Waals surface area contributed by atoms with Crippen LogP contribution in [-0.2, 0) is 29.0 Å². The van der Waals surface area contributed by atoms with Gasteiger partial charge in [0.2, 0.25) is 0 Å². The van der Waals surface area contributed by atoms with E-state index in [1.807, 2.05) is 4.68 Å². The van der Waals surface area contributed by atoms with Crippen molar-refractivity contribution in [2.45, 2.75) is 45.7 Å². The van der Waals surface area contributed by atoms with Gasteiger partial charge >= 0.3 is 5.97 Å². The van der Waals surface area contributed by atoms with Crippen molar-refractivity contribution in [2.75, 3.05) is 13.7 Å². The van der Waals surface area contributed by atoms with Crippen LogP contribution in [0.15, 0.2) is 30.3 Å². The molecule has 1 N–H and O–H groups in total. The highest BCUT2D eigenvalue weighted by atomic mass is 16.5.